The van der Waals surface area contributed by atoms with Crippen molar-refractivity contribution in [2.24, 2.45) is 5.92 Å². The van der Waals surface area contributed by atoms with E-state index >= 15 is 0 Å². The summed E-state index contributed by atoms with van der Waals surface area (Å²) in [5, 5.41) is 12.5. The zero-order valence-corrected chi connectivity index (χ0v) is 12.9. The molecule has 1 aromatic heterocycles. The van der Waals surface area contributed by atoms with E-state index in [1.54, 1.807) is 11.3 Å². The highest BCUT2D eigenvalue weighted by atomic mass is 35.5. The molecule has 0 amide bonds. The van der Waals surface area contributed by atoms with Crippen LogP contribution in [-0.4, -0.2) is 41.2 Å². The van der Waals surface area contributed by atoms with E-state index in [0.29, 0.717) is 18.4 Å². The minimum atomic E-state index is 0.344. The number of aromatic nitrogens is 1. The molecule has 1 N–H and O–H groups in total. The standard InChI is InChI=1S/C14H23ClN2OS/c15-8-13-11-19-14(16-13)5-1-2-6-17-7-3-4-12(9-17)10-18/h11-12,18H,1-10H2. The number of hydrogen-bond acceptors (Lipinski definition) is 4. The molecular formula is C14H23ClN2OS. The molecule has 1 unspecified atom stereocenters. The van der Waals surface area contributed by atoms with Gasteiger partial charge in [-0.1, -0.05) is 0 Å². The number of aliphatic hydroxyl groups is 1. The van der Waals surface area contributed by atoms with Gasteiger partial charge in [0, 0.05) is 18.5 Å². The normalized spacial score (nSPS) is 20.8. The van der Waals surface area contributed by atoms with E-state index in [1.165, 1.54) is 37.2 Å². The van der Waals surface area contributed by atoms with Crippen molar-refractivity contribution in [3.05, 3.63) is 16.1 Å². The smallest absolute Gasteiger partial charge is 0.0928 e. The maximum atomic E-state index is 9.21. The zero-order chi connectivity index (χ0) is 13.5. The monoisotopic (exact) mass is 302 g/mol. The van der Waals surface area contributed by atoms with Crippen molar-refractivity contribution in [2.75, 3.05) is 26.2 Å². The first kappa shape index (κ1) is 15.2. The molecule has 1 atom stereocenters. The first-order valence-corrected chi connectivity index (χ1v) is 8.55. The van der Waals surface area contributed by atoms with Gasteiger partial charge in [0.1, 0.15) is 0 Å². The lowest BCUT2D eigenvalue weighted by Gasteiger charge is -2.31. The van der Waals surface area contributed by atoms with Crippen LogP contribution in [0.15, 0.2) is 5.38 Å². The molecule has 0 aromatic carbocycles. The molecule has 2 rings (SSSR count). The third kappa shape index (κ3) is 5.03. The Morgan fingerprint density at radius 1 is 1.47 bits per heavy atom. The molecule has 1 fully saturated rings. The van der Waals surface area contributed by atoms with Gasteiger partial charge in [0.15, 0.2) is 0 Å². The lowest BCUT2D eigenvalue weighted by atomic mass is 9.99. The average molecular weight is 303 g/mol. The van der Waals surface area contributed by atoms with E-state index in [0.717, 1.165) is 25.2 Å². The van der Waals surface area contributed by atoms with E-state index in [9.17, 15) is 5.11 Å². The van der Waals surface area contributed by atoms with E-state index in [4.69, 9.17) is 11.6 Å². The molecule has 108 valence electrons. The Balaban J connectivity index is 1.61. The number of nitrogens with zero attached hydrogens (tertiary/aromatic N) is 2. The number of likely N-dealkylation sites (tertiary alicyclic amines) is 1. The molecule has 0 bridgehead atoms. The van der Waals surface area contributed by atoms with Crippen molar-refractivity contribution < 1.29 is 5.11 Å². The molecule has 1 aromatic rings. The highest BCUT2D eigenvalue weighted by Gasteiger charge is 2.18. The summed E-state index contributed by atoms with van der Waals surface area (Å²) in [7, 11) is 0. The number of aliphatic hydroxyl groups excluding tert-OH is 1. The summed E-state index contributed by atoms with van der Waals surface area (Å²) >= 11 is 7.47. The van der Waals surface area contributed by atoms with E-state index in [-0.39, 0.29) is 0 Å². The molecule has 19 heavy (non-hydrogen) atoms. The number of hydrogen-bond donors (Lipinski definition) is 1. The molecule has 0 radical (unpaired) electrons. The predicted molar refractivity (Wildman–Crippen MR) is 80.9 cm³/mol. The van der Waals surface area contributed by atoms with Crippen LogP contribution in [0, 0.1) is 5.92 Å². The Morgan fingerprint density at radius 3 is 3.11 bits per heavy atom. The topological polar surface area (TPSA) is 36.4 Å². The molecule has 0 spiro atoms. The maximum absolute atomic E-state index is 9.21. The zero-order valence-electron chi connectivity index (χ0n) is 11.4. The summed E-state index contributed by atoms with van der Waals surface area (Å²) in [5.41, 5.74) is 1.00. The maximum Gasteiger partial charge on any atom is 0.0928 e. The second-order valence-corrected chi connectivity index (χ2v) is 6.52. The van der Waals surface area contributed by atoms with Crippen LogP contribution in [0.2, 0.25) is 0 Å². The van der Waals surface area contributed by atoms with Gasteiger partial charge in [-0.25, -0.2) is 4.98 Å². The van der Waals surface area contributed by atoms with Gasteiger partial charge in [-0.15, -0.1) is 22.9 Å². The molecule has 1 aliphatic heterocycles. The largest absolute Gasteiger partial charge is 0.396 e. The molecule has 0 aliphatic carbocycles. The lowest BCUT2D eigenvalue weighted by Crippen LogP contribution is -2.37. The van der Waals surface area contributed by atoms with E-state index < -0.39 is 0 Å². The highest BCUT2D eigenvalue weighted by Crippen LogP contribution is 2.17. The SMILES string of the molecule is OCC1CCCN(CCCCc2nc(CCl)cs2)C1. The van der Waals surface area contributed by atoms with Gasteiger partial charge in [0.25, 0.3) is 0 Å². The minimum Gasteiger partial charge on any atom is -0.396 e. The van der Waals surface area contributed by atoms with E-state index in [2.05, 4.69) is 15.3 Å². The predicted octanol–water partition coefficient (Wildman–Crippen LogP) is 2.91. The van der Waals surface area contributed by atoms with Crippen LogP contribution in [0.3, 0.4) is 0 Å². The van der Waals surface area contributed by atoms with E-state index in [1.807, 2.05) is 0 Å². The molecule has 5 heteroatoms. The first-order chi connectivity index (χ1) is 9.31. The van der Waals surface area contributed by atoms with Crippen LogP contribution in [0.4, 0.5) is 0 Å². The van der Waals surface area contributed by atoms with Gasteiger partial charge >= 0.3 is 0 Å². The summed E-state index contributed by atoms with van der Waals surface area (Å²) < 4.78 is 0. The van der Waals surface area contributed by atoms with Crippen molar-refractivity contribution in [1.29, 1.82) is 0 Å². The van der Waals surface area contributed by atoms with Crippen molar-refractivity contribution in [2.45, 2.75) is 38.0 Å². The fraction of sp³-hybridized carbons (Fsp3) is 0.786. The minimum absolute atomic E-state index is 0.344. The molecule has 1 saturated heterocycles. The van der Waals surface area contributed by atoms with Crippen LogP contribution in [0.1, 0.15) is 36.4 Å². The van der Waals surface area contributed by atoms with Gasteiger partial charge in [-0.3, -0.25) is 0 Å². The quantitative estimate of drug-likeness (QED) is 0.621. The molecule has 1 aliphatic rings. The summed E-state index contributed by atoms with van der Waals surface area (Å²) in [6, 6.07) is 0. The molecular weight excluding hydrogens is 280 g/mol. The van der Waals surface area contributed by atoms with Crippen LogP contribution in [0.5, 0.6) is 0 Å². The van der Waals surface area contributed by atoms with Gasteiger partial charge in [0.05, 0.1) is 16.6 Å². The Kier molecular flexibility index (Phi) is 6.57. The van der Waals surface area contributed by atoms with Crippen molar-refractivity contribution in [3.63, 3.8) is 0 Å². The second-order valence-electron chi connectivity index (χ2n) is 5.31. The van der Waals surface area contributed by atoms with Crippen LogP contribution in [0.25, 0.3) is 0 Å². The summed E-state index contributed by atoms with van der Waals surface area (Å²) in [4.78, 5) is 6.97. The van der Waals surface area contributed by atoms with Gasteiger partial charge in [-0.2, -0.15) is 0 Å². The summed E-state index contributed by atoms with van der Waals surface area (Å²) in [6.07, 6.45) is 5.90. The third-order valence-electron chi connectivity index (χ3n) is 3.71. The number of halogens is 1. The average Bonchev–Trinajstić information content (AvgIpc) is 2.92. The Hall–Kier alpha value is -0.160. The van der Waals surface area contributed by atoms with Crippen LogP contribution >= 0.6 is 22.9 Å². The van der Waals surface area contributed by atoms with Gasteiger partial charge < -0.3 is 10.0 Å². The fourth-order valence-electron chi connectivity index (χ4n) is 2.64. The first-order valence-electron chi connectivity index (χ1n) is 7.14. The number of aryl methyl sites for hydroxylation is 1. The number of rotatable bonds is 7. The number of thiazole rings is 1. The Bertz CT molecular complexity index is 372. The van der Waals surface area contributed by atoms with Gasteiger partial charge in [0.2, 0.25) is 0 Å². The fourth-order valence-corrected chi connectivity index (χ4v) is 3.71. The van der Waals surface area contributed by atoms with Crippen LogP contribution in [-0.2, 0) is 12.3 Å². The number of unbranched alkanes of at least 4 members (excludes halogenated alkanes) is 1. The Labute approximate surface area is 124 Å². The Morgan fingerprint density at radius 2 is 2.37 bits per heavy atom. The number of piperidine rings is 1. The highest BCUT2D eigenvalue weighted by molar-refractivity contribution is 7.09. The van der Waals surface area contributed by atoms with Crippen LogP contribution < -0.4 is 0 Å². The molecule has 0 saturated carbocycles. The molecule has 3 nitrogen and oxygen atoms in total. The second kappa shape index (κ2) is 8.20. The van der Waals surface area contributed by atoms with Gasteiger partial charge in [-0.05, 0) is 51.1 Å². The summed E-state index contributed by atoms with van der Waals surface area (Å²) in [5.74, 6) is 1.02. The third-order valence-corrected chi connectivity index (χ3v) is 4.94. The molecule has 2 heterocycles. The van der Waals surface area contributed by atoms with Crippen molar-refractivity contribution >= 4 is 22.9 Å². The van der Waals surface area contributed by atoms with Crippen molar-refractivity contribution in [1.82, 2.24) is 9.88 Å². The number of alkyl halides is 1. The lowest BCUT2D eigenvalue weighted by molar-refractivity contribution is 0.119. The van der Waals surface area contributed by atoms with Crippen molar-refractivity contribution in [3.8, 4) is 0 Å². The summed E-state index contributed by atoms with van der Waals surface area (Å²) in [6.45, 7) is 3.77.